The normalized spacial score (nSPS) is 12.0. The monoisotopic (exact) mass is 131 g/mol. The third-order valence-corrected chi connectivity index (χ3v) is 6.60. The number of hydrogen-bond donors (Lipinski definition) is 1. The zero-order chi connectivity index (χ0) is 6.62. The Hall–Kier alpha value is 0.177. The van der Waals surface area contributed by atoms with Crippen LogP contribution in [0.25, 0.3) is 0 Å². The van der Waals surface area contributed by atoms with E-state index in [9.17, 15) is 0 Å². The van der Waals surface area contributed by atoms with Crippen LogP contribution in [0.1, 0.15) is 13.8 Å². The van der Waals surface area contributed by atoms with E-state index in [0.717, 1.165) is 6.17 Å². The summed E-state index contributed by atoms with van der Waals surface area (Å²) in [5.41, 5.74) is 5.59. The van der Waals surface area contributed by atoms with E-state index in [0.29, 0.717) is 0 Å². The molecular weight excluding hydrogens is 114 g/mol. The molecule has 0 unspecified atom stereocenters. The molecule has 0 amide bonds. The van der Waals surface area contributed by atoms with Gasteiger partial charge in [-0.2, -0.15) is 0 Å². The van der Waals surface area contributed by atoms with Crippen molar-refractivity contribution in [3.8, 4) is 0 Å². The minimum atomic E-state index is -0.894. The van der Waals surface area contributed by atoms with Gasteiger partial charge in [0.05, 0.1) is 8.07 Å². The third-order valence-electron chi connectivity index (χ3n) is 2.20. The van der Waals surface area contributed by atoms with E-state index in [1.54, 1.807) is 0 Å². The Morgan fingerprint density at radius 2 is 1.62 bits per heavy atom. The average molecular weight is 131 g/mol. The van der Waals surface area contributed by atoms with E-state index < -0.39 is 8.07 Å². The number of rotatable bonds is 3. The Kier molecular flexibility index (Phi) is 3.32. The highest BCUT2D eigenvalue weighted by Gasteiger charge is 2.18. The Morgan fingerprint density at radius 3 is 1.62 bits per heavy atom. The average Bonchev–Trinajstić information content (AvgIpc) is 1.87. The molecule has 0 saturated heterocycles. The molecule has 2 N–H and O–H groups in total. The number of nitrogens with two attached hydrogens (primary N) is 1. The van der Waals surface area contributed by atoms with Crippen molar-refractivity contribution in [2.24, 2.45) is 5.73 Å². The van der Waals surface area contributed by atoms with Crippen LogP contribution in [0.5, 0.6) is 0 Å². The SMILES string of the molecule is CC[Si](C)(CC)CN. The fraction of sp³-hybridized carbons (Fsp3) is 1.00. The Morgan fingerprint density at radius 1 is 1.25 bits per heavy atom. The molecule has 0 heterocycles. The second-order valence-electron chi connectivity index (χ2n) is 2.72. The van der Waals surface area contributed by atoms with Crippen molar-refractivity contribution in [2.45, 2.75) is 32.5 Å². The molecule has 0 aromatic heterocycles. The molecule has 0 radical (unpaired) electrons. The molecule has 0 fully saturated rings. The molecular formula is C6H17NSi. The van der Waals surface area contributed by atoms with E-state index >= 15 is 0 Å². The van der Waals surface area contributed by atoms with Crippen LogP contribution >= 0.6 is 0 Å². The maximum atomic E-state index is 5.59. The summed E-state index contributed by atoms with van der Waals surface area (Å²) >= 11 is 0. The van der Waals surface area contributed by atoms with Crippen LogP contribution in [0.15, 0.2) is 0 Å². The molecule has 2 heteroatoms. The van der Waals surface area contributed by atoms with Gasteiger partial charge >= 0.3 is 0 Å². The van der Waals surface area contributed by atoms with Gasteiger partial charge in [-0.05, 0) is 6.17 Å². The van der Waals surface area contributed by atoms with Gasteiger partial charge in [0.2, 0.25) is 0 Å². The Balaban J connectivity index is 3.58. The van der Waals surface area contributed by atoms with Gasteiger partial charge in [-0.3, -0.25) is 0 Å². The van der Waals surface area contributed by atoms with Crippen molar-refractivity contribution in [3.63, 3.8) is 0 Å². The summed E-state index contributed by atoms with van der Waals surface area (Å²) in [5, 5.41) is 0. The van der Waals surface area contributed by atoms with Crippen LogP contribution in [-0.2, 0) is 0 Å². The van der Waals surface area contributed by atoms with E-state index in [1.807, 2.05) is 0 Å². The Bertz CT molecular complexity index is 51.3. The molecule has 0 bridgehead atoms. The zero-order valence-electron chi connectivity index (χ0n) is 6.20. The smallest absolute Gasteiger partial charge is 0.0648 e. The zero-order valence-corrected chi connectivity index (χ0v) is 7.20. The van der Waals surface area contributed by atoms with Gasteiger partial charge in [0.15, 0.2) is 0 Å². The van der Waals surface area contributed by atoms with Crippen LogP contribution < -0.4 is 5.73 Å². The standard InChI is InChI=1S/C6H17NSi/c1-4-8(3,5-2)6-7/h4-7H2,1-3H3. The quantitative estimate of drug-likeness (QED) is 0.578. The van der Waals surface area contributed by atoms with E-state index in [2.05, 4.69) is 20.4 Å². The van der Waals surface area contributed by atoms with Crippen LogP contribution in [-0.4, -0.2) is 14.2 Å². The summed E-state index contributed by atoms with van der Waals surface area (Å²) < 4.78 is 0. The largest absolute Gasteiger partial charge is 0.333 e. The van der Waals surface area contributed by atoms with Crippen molar-refractivity contribution >= 4 is 8.07 Å². The summed E-state index contributed by atoms with van der Waals surface area (Å²) in [7, 11) is -0.894. The minimum absolute atomic E-state index is 0.894. The third kappa shape index (κ3) is 1.97. The minimum Gasteiger partial charge on any atom is -0.333 e. The molecule has 0 aliphatic heterocycles. The highest BCUT2D eigenvalue weighted by molar-refractivity contribution is 6.78. The van der Waals surface area contributed by atoms with Crippen LogP contribution in [0, 0.1) is 0 Å². The summed E-state index contributed by atoms with van der Waals surface area (Å²) in [5.74, 6) is 0. The summed E-state index contributed by atoms with van der Waals surface area (Å²) in [6.07, 6.45) is 0.958. The molecule has 8 heavy (non-hydrogen) atoms. The summed E-state index contributed by atoms with van der Waals surface area (Å²) in [6.45, 7) is 6.87. The second-order valence-corrected chi connectivity index (χ2v) is 8.17. The summed E-state index contributed by atoms with van der Waals surface area (Å²) in [6, 6.07) is 2.67. The first kappa shape index (κ1) is 8.18. The lowest BCUT2D eigenvalue weighted by Gasteiger charge is -2.20. The van der Waals surface area contributed by atoms with Gasteiger partial charge in [0.25, 0.3) is 0 Å². The molecule has 0 aliphatic carbocycles. The van der Waals surface area contributed by atoms with Gasteiger partial charge in [0.1, 0.15) is 0 Å². The van der Waals surface area contributed by atoms with E-state index in [1.165, 1.54) is 12.1 Å². The van der Waals surface area contributed by atoms with E-state index in [4.69, 9.17) is 5.73 Å². The predicted octanol–water partition coefficient (Wildman–Crippen LogP) is 1.60. The van der Waals surface area contributed by atoms with Gasteiger partial charge < -0.3 is 5.73 Å². The molecule has 0 aromatic rings. The van der Waals surface area contributed by atoms with Gasteiger partial charge in [-0.25, -0.2) is 0 Å². The second kappa shape index (κ2) is 3.25. The van der Waals surface area contributed by atoms with E-state index in [-0.39, 0.29) is 0 Å². The number of hydrogen-bond acceptors (Lipinski definition) is 1. The highest BCUT2D eigenvalue weighted by atomic mass is 28.3. The molecule has 50 valence electrons. The van der Waals surface area contributed by atoms with Gasteiger partial charge in [-0.1, -0.05) is 32.5 Å². The van der Waals surface area contributed by atoms with Gasteiger partial charge in [0, 0.05) is 0 Å². The first-order chi connectivity index (χ1) is 3.68. The fourth-order valence-electron chi connectivity index (χ4n) is 0.539. The lowest BCUT2D eigenvalue weighted by molar-refractivity contribution is 1.16. The summed E-state index contributed by atoms with van der Waals surface area (Å²) in [4.78, 5) is 0. The topological polar surface area (TPSA) is 26.0 Å². The molecule has 1 nitrogen and oxygen atoms in total. The predicted molar refractivity (Wildman–Crippen MR) is 41.6 cm³/mol. The fourth-order valence-corrected chi connectivity index (χ4v) is 1.62. The lowest BCUT2D eigenvalue weighted by atomic mass is 10.9. The highest BCUT2D eigenvalue weighted by Crippen LogP contribution is 2.11. The molecule has 0 spiro atoms. The lowest BCUT2D eigenvalue weighted by Crippen LogP contribution is -2.37. The maximum absolute atomic E-state index is 5.59. The van der Waals surface area contributed by atoms with Crippen molar-refractivity contribution < 1.29 is 0 Å². The molecule has 0 saturated carbocycles. The van der Waals surface area contributed by atoms with Crippen LogP contribution in [0.3, 0.4) is 0 Å². The van der Waals surface area contributed by atoms with Gasteiger partial charge in [-0.15, -0.1) is 0 Å². The van der Waals surface area contributed by atoms with Crippen LogP contribution in [0.4, 0.5) is 0 Å². The van der Waals surface area contributed by atoms with Crippen LogP contribution in [0.2, 0.25) is 18.6 Å². The first-order valence-corrected chi connectivity index (χ1v) is 6.50. The molecule has 0 aliphatic rings. The molecule has 0 atom stereocenters. The first-order valence-electron chi connectivity index (χ1n) is 3.38. The van der Waals surface area contributed by atoms with Crippen molar-refractivity contribution in [2.75, 3.05) is 6.17 Å². The van der Waals surface area contributed by atoms with Crippen molar-refractivity contribution in [1.29, 1.82) is 0 Å². The molecule has 0 aromatic carbocycles. The van der Waals surface area contributed by atoms with Crippen molar-refractivity contribution in [1.82, 2.24) is 0 Å². The molecule has 0 rings (SSSR count). The Labute approximate surface area is 53.3 Å². The maximum Gasteiger partial charge on any atom is 0.0648 e. The van der Waals surface area contributed by atoms with Crippen molar-refractivity contribution in [3.05, 3.63) is 0 Å².